The number of aryl methyl sites for hydroxylation is 1. The highest BCUT2D eigenvalue weighted by atomic mass is 32.2. The van der Waals surface area contributed by atoms with Gasteiger partial charge in [0.15, 0.2) is 0 Å². The fourth-order valence-electron chi connectivity index (χ4n) is 3.35. The summed E-state index contributed by atoms with van der Waals surface area (Å²) >= 11 is 0.727. The lowest BCUT2D eigenvalue weighted by Crippen LogP contribution is -2.13. The summed E-state index contributed by atoms with van der Waals surface area (Å²) in [5.41, 5.74) is 2.63. The highest BCUT2D eigenvalue weighted by molar-refractivity contribution is 7.90. The molecule has 0 fully saturated rings. The van der Waals surface area contributed by atoms with Gasteiger partial charge < -0.3 is 9.30 Å². The predicted molar refractivity (Wildman–Crippen MR) is 134 cm³/mol. The largest absolute Gasteiger partial charge is 0.492 e. The molecule has 4 rings (SSSR count). The number of benzene rings is 2. The van der Waals surface area contributed by atoms with Gasteiger partial charge in [-0.3, -0.25) is 10.1 Å². The van der Waals surface area contributed by atoms with E-state index in [1.165, 1.54) is 6.08 Å². The SMILES string of the molecule is Cc1ccc(OCCn2cc(C=C(C#N)C(=O)Nc3nc(S(C)(=O)=O)ns3)c3ccccc32)cc1. The average molecular weight is 508 g/mol. The molecule has 0 aliphatic heterocycles. The number of hydrogen-bond donors (Lipinski definition) is 1. The fraction of sp³-hybridized carbons (Fsp3) is 0.167. The molecule has 2 aromatic heterocycles. The van der Waals surface area contributed by atoms with Crippen LogP contribution in [0.3, 0.4) is 0 Å². The molecular formula is C24H21N5O4S2. The van der Waals surface area contributed by atoms with Gasteiger partial charge in [-0.05, 0) is 31.2 Å². The molecule has 1 amide bonds. The lowest BCUT2D eigenvalue weighted by Gasteiger charge is -2.08. The van der Waals surface area contributed by atoms with E-state index in [0.717, 1.165) is 40.0 Å². The Balaban J connectivity index is 1.54. The summed E-state index contributed by atoms with van der Waals surface area (Å²) < 4.78 is 34.7. The van der Waals surface area contributed by atoms with Crippen LogP contribution in [0.15, 0.2) is 65.5 Å². The first-order valence-electron chi connectivity index (χ1n) is 10.5. The average Bonchev–Trinajstić information content (AvgIpc) is 3.44. The monoisotopic (exact) mass is 507 g/mol. The maximum atomic E-state index is 12.7. The van der Waals surface area contributed by atoms with Crippen LogP contribution in [-0.2, 0) is 21.2 Å². The van der Waals surface area contributed by atoms with Crippen molar-refractivity contribution in [3.63, 3.8) is 0 Å². The second kappa shape index (κ2) is 10.1. The maximum absolute atomic E-state index is 12.7. The summed E-state index contributed by atoms with van der Waals surface area (Å²) in [4.78, 5) is 16.5. The van der Waals surface area contributed by atoms with Crippen molar-refractivity contribution in [2.75, 3.05) is 18.2 Å². The maximum Gasteiger partial charge on any atom is 0.268 e. The van der Waals surface area contributed by atoms with Crippen molar-refractivity contribution < 1.29 is 17.9 Å². The molecule has 11 heteroatoms. The molecule has 0 bridgehead atoms. The molecule has 4 aromatic rings. The molecule has 0 atom stereocenters. The van der Waals surface area contributed by atoms with Gasteiger partial charge >= 0.3 is 0 Å². The predicted octanol–water partition coefficient (Wildman–Crippen LogP) is 3.83. The molecule has 178 valence electrons. The van der Waals surface area contributed by atoms with E-state index in [1.54, 1.807) is 0 Å². The Hall–Kier alpha value is -4.01. The highest BCUT2D eigenvalue weighted by Crippen LogP contribution is 2.24. The minimum absolute atomic E-state index is 0.00717. The third-order valence-electron chi connectivity index (χ3n) is 5.07. The molecule has 2 aromatic carbocycles. The molecule has 35 heavy (non-hydrogen) atoms. The van der Waals surface area contributed by atoms with E-state index in [0.29, 0.717) is 18.7 Å². The summed E-state index contributed by atoms with van der Waals surface area (Å²) in [7, 11) is -3.60. The van der Waals surface area contributed by atoms with Crippen molar-refractivity contribution in [3.8, 4) is 11.8 Å². The molecule has 2 heterocycles. The first kappa shape index (κ1) is 24.1. The van der Waals surface area contributed by atoms with Crippen molar-refractivity contribution in [2.45, 2.75) is 18.6 Å². The molecule has 1 N–H and O–H groups in total. The van der Waals surface area contributed by atoms with Crippen LogP contribution in [0.5, 0.6) is 5.75 Å². The third kappa shape index (κ3) is 5.74. The van der Waals surface area contributed by atoms with E-state index < -0.39 is 15.7 Å². The molecule has 0 spiro atoms. The molecule has 0 unspecified atom stereocenters. The van der Waals surface area contributed by atoms with Gasteiger partial charge in [-0.1, -0.05) is 35.9 Å². The van der Waals surface area contributed by atoms with Crippen molar-refractivity contribution in [3.05, 3.63) is 71.4 Å². The Morgan fingerprint density at radius 3 is 2.66 bits per heavy atom. The van der Waals surface area contributed by atoms with Crippen molar-refractivity contribution >= 4 is 49.4 Å². The fourth-order valence-corrected chi connectivity index (χ4v) is 4.79. The molecule has 0 aliphatic carbocycles. The van der Waals surface area contributed by atoms with Crippen LogP contribution in [0.25, 0.3) is 17.0 Å². The number of ether oxygens (including phenoxy) is 1. The molecule has 0 saturated carbocycles. The number of carbonyl (C=O) groups excluding carboxylic acids is 1. The quantitative estimate of drug-likeness (QED) is 0.284. The van der Waals surface area contributed by atoms with E-state index in [9.17, 15) is 18.5 Å². The van der Waals surface area contributed by atoms with Gasteiger partial charge in [0.2, 0.25) is 15.0 Å². The Labute approximate surface area is 206 Å². The molecule has 0 saturated heterocycles. The molecule has 0 aliphatic rings. The third-order valence-corrected chi connectivity index (χ3v) is 6.66. The molecule has 9 nitrogen and oxygen atoms in total. The van der Waals surface area contributed by atoms with E-state index >= 15 is 0 Å². The molecular weight excluding hydrogens is 486 g/mol. The number of hydrogen-bond acceptors (Lipinski definition) is 8. The van der Waals surface area contributed by atoms with Gasteiger partial charge in [-0.2, -0.15) is 14.6 Å². The van der Waals surface area contributed by atoms with Crippen LogP contribution >= 0.6 is 11.5 Å². The normalized spacial score (nSPS) is 11.9. The number of nitrogens with one attached hydrogen (secondary N) is 1. The lowest BCUT2D eigenvalue weighted by atomic mass is 10.1. The number of para-hydroxylation sites is 1. The Morgan fingerprint density at radius 2 is 1.97 bits per heavy atom. The van der Waals surface area contributed by atoms with Crippen LogP contribution in [0.1, 0.15) is 11.1 Å². The second-order valence-corrected chi connectivity index (χ2v) is 10.4. The van der Waals surface area contributed by atoms with Gasteiger partial charge in [-0.15, -0.1) is 0 Å². The second-order valence-electron chi connectivity index (χ2n) is 7.73. The van der Waals surface area contributed by atoms with Crippen LogP contribution in [-0.4, -0.2) is 41.1 Å². The Kier molecular flexibility index (Phi) is 6.95. The van der Waals surface area contributed by atoms with E-state index in [-0.39, 0.29) is 15.9 Å². The van der Waals surface area contributed by atoms with Gasteiger partial charge in [0.1, 0.15) is 24.0 Å². The first-order valence-corrected chi connectivity index (χ1v) is 13.2. The van der Waals surface area contributed by atoms with Crippen LogP contribution in [0.4, 0.5) is 5.13 Å². The minimum Gasteiger partial charge on any atom is -0.492 e. The summed E-state index contributed by atoms with van der Waals surface area (Å²) in [6, 6.07) is 17.4. The zero-order valence-electron chi connectivity index (χ0n) is 18.9. The topological polar surface area (TPSA) is 127 Å². The number of carbonyl (C=O) groups is 1. The number of amides is 1. The van der Waals surface area contributed by atoms with Crippen LogP contribution < -0.4 is 10.1 Å². The standard InChI is InChI=1S/C24H21N5O4S2/c1-16-7-9-19(10-8-16)33-12-11-29-15-18(20-5-3-4-6-21(20)29)13-17(14-25)22(30)26-23-27-24(28-34-23)35(2,31)32/h3-10,13,15H,11-12H2,1-2H3,(H,26,27,28,30). The van der Waals surface area contributed by atoms with Crippen LogP contribution in [0.2, 0.25) is 0 Å². The summed E-state index contributed by atoms with van der Waals surface area (Å²) in [6.07, 6.45) is 4.33. The van der Waals surface area contributed by atoms with Crippen LogP contribution in [0, 0.1) is 18.3 Å². The number of aromatic nitrogens is 3. The van der Waals surface area contributed by atoms with Gasteiger partial charge in [0, 0.05) is 40.5 Å². The van der Waals surface area contributed by atoms with Crippen molar-refractivity contribution in [1.29, 1.82) is 5.26 Å². The zero-order valence-corrected chi connectivity index (χ0v) is 20.6. The van der Waals surface area contributed by atoms with E-state index in [4.69, 9.17) is 4.74 Å². The van der Waals surface area contributed by atoms with Gasteiger partial charge in [0.25, 0.3) is 11.1 Å². The smallest absolute Gasteiger partial charge is 0.268 e. The van der Waals surface area contributed by atoms with E-state index in [2.05, 4.69) is 14.7 Å². The number of nitrogens with zero attached hydrogens (tertiary/aromatic N) is 4. The van der Waals surface area contributed by atoms with Gasteiger partial charge in [0.05, 0.1) is 6.54 Å². The number of anilines is 1. The zero-order chi connectivity index (χ0) is 25.0. The number of nitriles is 1. The number of sulfone groups is 1. The number of rotatable bonds is 8. The highest BCUT2D eigenvalue weighted by Gasteiger charge is 2.18. The van der Waals surface area contributed by atoms with E-state index in [1.807, 2.05) is 72.3 Å². The summed E-state index contributed by atoms with van der Waals surface area (Å²) in [6.45, 7) is 3.02. The first-order chi connectivity index (χ1) is 16.7. The summed E-state index contributed by atoms with van der Waals surface area (Å²) in [5.74, 6) is 0.0783. The number of fused-ring (bicyclic) bond motifs is 1. The van der Waals surface area contributed by atoms with Gasteiger partial charge in [-0.25, -0.2) is 8.42 Å². The Bertz CT molecular complexity index is 1560. The molecule has 0 radical (unpaired) electrons. The lowest BCUT2D eigenvalue weighted by molar-refractivity contribution is -0.112. The minimum atomic E-state index is -3.60. The Morgan fingerprint density at radius 1 is 1.23 bits per heavy atom. The van der Waals surface area contributed by atoms with Crippen molar-refractivity contribution in [1.82, 2.24) is 13.9 Å². The van der Waals surface area contributed by atoms with Crippen molar-refractivity contribution in [2.24, 2.45) is 0 Å². The summed E-state index contributed by atoms with van der Waals surface area (Å²) in [5, 5.41) is 12.5.